The Morgan fingerprint density at radius 3 is 0.941 bits per heavy atom. The smallest absolute Gasteiger partial charge is 0.462 e. The highest BCUT2D eigenvalue weighted by Gasteiger charge is 2.30. The van der Waals surface area contributed by atoms with Gasteiger partial charge in [-0.2, -0.15) is 0 Å². The third-order valence-corrected chi connectivity index (χ3v) is 13.0. The number of rotatable bonds is 50. The third kappa shape index (κ3) is 44.0. The lowest BCUT2D eigenvalue weighted by Crippen LogP contribution is -2.30. The molecule has 0 amide bonds. The van der Waals surface area contributed by atoms with Gasteiger partial charge in [-0.3, -0.25) is 37.3 Å². The molecule has 0 rings (SSSR count). The first-order valence-electron chi connectivity index (χ1n) is 26.3. The second-order valence-electron chi connectivity index (χ2n) is 17.8. The van der Waals surface area contributed by atoms with Crippen LogP contribution in [0, 0.1) is 0 Å². The van der Waals surface area contributed by atoms with E-state index in [4.69, 9.17) is 37.0 Å². The summed E-state index contributed by atoms with van der Waals surface area (Å²) in [5.74, 6) is -2.23. The van der Waals surface area contributed by atoms with Crippen LogP contribution in [0.2, 0.25) is 0 Å². The van der Waals surface area contributed by atoms with Crippen LogP contribution >= 0.6 is 15.6 Å². The monoisotopic (exact) mass is 1020 g/mol. The second-order valence-corrected chi connectivity index (χ2v) is 20.8. The van der Waals surface area contributed by atoms with Crippen LogP contribution in [0.3, 0.4) is 0 Å². The average molecular weight is 1020 g/mol. The fourth-order valence-electron chi connectivity index (χ4n) is 7.02. The van der Waals surface area contributed by atoms with Crippen LogP contribution in [0.5, 0.6) is 0 Å². The van der Waals surface area contributed by atoms with Gasteiger partial charge in [0.05, 0.1) is 26.4 Å². The Bertz CT molecular complexity index is 1350. The molecule has 0 aliphatic rings. The first kappa shape index (κ1) is 66.1. The molecule has 3 N–H and O–H groups in total. The number of phosphoric acid groups is 2. The summed E-state index contributed by atoms with van der Waals surface area (Å²) in [6.07, 6.45) is 26.4. The molecule has 0 fully saturated rings. The highest BCUT2D eigenvalue weighted by atomic mass is 31.2. The number of ether oxygens (including phenoxy) is 4. The highest BCUT2D eigenvalue weighted by Crippen LogP contribution is 2.45. The molecule has 0 heterocycles. The van der Waals surface area contributed by atoms with Crippen molar-refractivity contribution >= 4 is 39.5 Å². The van der Waals surface area contributed by atoms with Crippen LogP contribution in [-0.2, 0) is 65.4 Å². The Kier molecular flexibility index (Phi) is 43.7. The van der Waals surface area contributed by atoms with Crippen LogP contribution in [0.1, 0.15) is 233 Å². The van der Waals surface area contributed by atoms with Crippen molar-refractivity contribution < 1.29 is 80.2 Å². The molecule has 2 unspecified atom stereocenters. The highest BCUT2D eigenvalue weighted by molar-refractivity contribution is 7.47. The molecule has 402 valence electrons. The number of phosphoric ester groups is 2. The fraction of sp³-hybridized carbons (Fsp3) is 0.918. The molecule has 0 aliphatic heterocycles. The number of esters is 4. The van der Waals surface area contributed by atoms with E-state index in [9.17, 15) is 43.2 Å². The molecule has 0 aromatic carbocycles. The summed E-state index contributed by atoms with van der Waals surface area (Å²) in [5.41, 5.74) is 0. The van der Waals surface area contributed by atoms with Gasteiger partial charge in [-0.1, -0.05) is 182 Å². The van der Waals surface area contributed by atoms with E-state index in [1.54, 1.807) is 6.92 Å². The van der Waals surface area contributed by atoms with Crippen molar-refractivity contribution in [3.63, 3.8) is 0 Å². The van der Waals surface area contributed by atoms with Gasteiger partial charge in [0.1, 0.15) is 19.3 Å². The maximum absolute atomic E-state index is 12.8. The van der Waals surface area contributed by atoms with E-state index in [0.29, 0.717) is 25.7 Å². The Morgan fingerprint density at radius 1 is 0.353 bits per heavy atom. The van der Waals surface area contributed by atoms with E-state index in [-0.39, 0.29) is 25.7 Å². The van der Waals surface area contributed by atoms with E-state index in [1.165, 1.54) is 83.5 Å². The minimum atomic E-state index is -4.92. The molecule has 0 aromatic rings. The minimum absolute atomic E-state index is 0.0532. The summed E-state index contributed by atoms with van der Waals surface area (Å²) < 4.78 is 66.3. The van der Waals surface area contributed by atoms with Gasteiger partial charge >= 0.3 is 39.5 Å². The maximum Gasteiger partial charge on any atom is 0.472 e. The lowest BCUT2D eigenvalue weighted by Gasteiger charge is -2.21. The first-order valence-corrected chi connectivity index (χ1v) is 29.3. The quantitative estimate of drug-likeness (QED) is 0.0222. The van der Waals surface area contributed by atoms with E-state index in [2.05, 4.69) is 13.8 Å². The Hall–Kier alpha value is -1.94. The van der Waals surface area contributed by atoms with Gasteiger partial charge in [-0.15, -0.1) is 0 Å². The summed E-state index contributed by atoms with van der Waals surface area (Å²) in [6, 6.07) is 0. The number of hydrogen-bond acceptors (Lipinski definition) is 15. The van der Waals surface area contributed by atoms with Crippen molar-refractivity contribution in [1.29, 1.82) is 0 Å². The van der Waals surface area contributed by atoms with Crippen molar-refractivity contribution in [3.05, 3.63) is 0 Å². The zero-order valence-corrected chi connectivity index (χ0v) is 44.3. The zero-order chi connectivity index (χ0) is 50.6. The van der Waals surface area contributed by atoms with Gasteiger partial charge in [0.25, 0.3) is 0 Å². The zero-order valence-electron chi connectivity index (χ0n) is 42.6. The van der Waals surface area contributed by atoms with Crippen molar-refractivity contribution in [2.45, 2.75) is 251 Å². The van der Waals surface area contributed by atoms with Crippen LogP contribution in [0.25, 0.3) is 0 Å². The standard InChI is InChI=1S/C49H94O17P2/c1-5-9-12-15-17-19-20-21-22-23-24-25-27-28-31-35-47(52)60-40-45(66-49(54)36-32-29-26-18-16-13-10-6-2)42-64-68(57,58)62-38-43(50)37-61-67(55,56)63-41-44(65-48(53)33-8-4)39-59-46(51)34-30-14-11-7-3/h43-45,50H,5-42H2,1-4H3,(H,55,56)(H,57,58)/t43-,44-,45-/m1/s1. The summed E-state index contributed by atoms with van der Waals surface area (Å²) >= 11 is 0. The predicted octanol–water partition coefficient (Wildman–Crippen LogP) is 12.1. The van der Waals surface area contributed by atoms with Gasteiger partial charge in [0.15, 0.2) is 12.2 Å². The van der Waals surface area contributed by atoms with Crippen molar-refractivity contribution in [1.82, 2.24) is 0 Å². The van der Waals surface area contributed by atoms with Crippen molar-refractivity contribution in [3.8, 4) is 0 Å². The molecule has 0 bridgehead atoms. The first-order chi connectivity index (χ1) is 32.7. The molecule has 68 heavy (non-hydrogen) atoms. The minimum Gasteiger partial charge on any atom is -0.462 e. The van der Waals surface area contributed by atoms with Crippen LogP contribution in [-0.4, -0.2) is 96.7 Å². The molecule has 0 saturated heterocycles. The molecular weight excluding hydrogens is 922 g/mol. The predicted molar refractivity (Wildman–Crippen MR) is 262 cm³/mol. The molecule has 0 spiro atoms. The Morgan fingerprint density at radius 2 is 0.618 bits per heavy atom. The molecule has 19 heteroatoms. The summed E-state index contributed by atoms with van der Waals surface area (Å²) in [7, 11) is -9.81. The largest absolute Gasteiger partial charge is 0.472 e. The molecular formula is C49H94O17P2. The van der Waals surface area contributed by atoms with Crippen LogP contribution < -0.4 is 0 Å². The van der Waals surface area contributed by atoms with Gasteiger partial charge in [-0.05, 0) is 25.7 Å². The van der Waals surface area contributed by atoms with E-state index in [1.807, 2.05) is 6.92 Å². The number of unbranched alkanes of at least 4 members (excludes halogenated alkanes) is 24. The third-order valence-electron chi connectivity index (χ3n) is 11.1. The summed E-state index contributed by atoms with van der Waals surface area (Å²) in [5, 5.41) is 10.3. The summed E-state index contributed by atoms with van der Waals surface area (Å²) in [6.45, 7) is 4.21. The van der Waals surface area contributed by atoms with Gasteiger partial charge < -0.3 is 33.8 Å². The average Bonchev–Trinajstić information content (AvgIpc) is 3.30. The number of aliphatic hydroxyl groups excluding tert-OH is 1. The normalized spacial score (nSPS) is 14.6. The molecule has 0 saturated carbocycles. The van der Waals surface area contributed by atoms with Gasteiger partial charge in [-0.25, -0.2) is 9.13 Å². The number of hydrogen-bond donors (Lipinski definition) is 3. The second kappa shape index (κ2) is 45.0. The molecule has 5 atom stereocenters. The molecule has 0 radical (unpaired) electrons. The van der Waals surface area contributed by atoms with Gasteiger partial charge in [0.2, 0.25) is 0 Å². The van der Waals surface area contributed by atoms with E-state index in [0.717, 1.165) is 70.6 Å². The van der Waals surface area contributed by atoms with Gasteiger partial charge in [0, 0.05) is 25.7 Å². The summed E-state index contributed by atoms with van der Waals surface area (Å²) in [4.78, 5) is 70.1. The number of carbonyl (C=O) groups is 4. The number of aliphatic hydroxyl groups is 1. The number of carbonyl (C=O) groups excluding carboxylic acids is 4. The maximum atomic E-state index is 12.8. The fourth-order valence-corrected chi connectivity index (χ4v) is 8.60. The van der Waals surface area contributed by atoms with Crippen LogP contribution in [0.15, 0.2) is 0 Å². The van der Waals surface area contributed by atoms with Crippen LogP contribution in [0.4, 0.5) is 0 Å². The molecule has 17 nitrogen and oxygen atoms in total. The SMILES string of the molecule is CCCCCCCCCCCCCCCCCC(=O)OC[C@H](COP(=O)(O)OC[C@H](O)COP(=O)(O)OC[C@@H](COC(=O)CCCCCC)OC(=O)CCC)OC(=O)CCCCCCCCCC. The molecule has 0 aliphatic carbocycles. The lowest BCUT2D eigenvalue weighted by molar-refractivity contribution is -0.161. The van der Waals surface area contributed by atoms with Crippen molar-refractivity contribution in [2.24, 2.45) is 0 Å². The van der Waals surface area contributed by atoms with Crippen molar-refractivity contribution in [2.75, 3.05) is 39.6 Å². The lowest BCUT2D eigenvalue weighted by atomic mass is 10.0. The topological polar surface area (TPSA) is 237 Å². The van der Waals surface area contributed by atoms with E-state index < -0.39 is 97.5 Å². The Balaban J connectivity index is 4.94. The van der Waals surface area contributed by atoms with E-state index >= 15 is 0 Å². The Labute approximate surface area is 409 Å². The molecule has 0 aromatic heterocycles.